The molecule has 0 amide bonds. The zero-order valence-corrected chi connectivity index (χ0v) is 60.1. The molecule has 562 valence electrons. The largest absolute Gasteiger partial charge is 0.458 e. The minimum absolute atomic E-state index is 0.00878. The second-order valence-corrected chi connectivity index (χ2v) is 29.7. The van der Waals surface area contributed by atoms with E-state index in [-0.39, 0.29) is 89.4 Å². The average molecular weight is 1380 g/mol. The van der Waals surface area contributed by atoms with Crippen LogP contribution in [0.1, 0.15) is 211 Å². The Morgan fingerprint density at radius 1 is 0.625 bits per heavy atom. The topological polar surface area (TPSA) is 401 Å². The number of carbonyl (C=O) groups excluding carboxylic acids is 1. The number of aliphatic hydroxyl groups is 17. The molecule has 96 heavy (non-hydrogen) atoms. The van der Waals surface area contributed by atoms with Crippen LogP contribution in [0.15, 0.2) is 47.6 Å². The molecule has 0 radical (unpaired) electrons. The van der Waals surface area contributed by atoms with Gasteiger partial charge in [0.1, 0.15) is 12.2 Å². The number of nitrogens with zero attached hydrogens (tertiary/aromatic N) is 1. The van der Waals surface area contributed by atoms with Gasteiger partial charge < -0.3 is 111 Å². The lowest BCUT2D eigenvalue weighted by molar-refractivity contribution is -0.351. The third-order valence-electron chi connectivity index (χ3n) is 21.3. The molecule has 3 aliphatic heterocycles. The smallest absolute Gasteiger partial charge is 0.311 e. The molecule has 30 atom stereocenters. The lowest BCUT2D eigenvalue weighted by Crippen LogP contribution is -2.64. The highest BCUT2D eigenvalue weighted by molar-refractivity contribution is 5.71. The summed E-state index contributed by atoms with van der Waals surface area (Å²) in [5.74, 6) is -6.45. The molecule has 5 unspecified atom stereocenters. The van der Waals surface area contributed by atoms with Crippen molar-refractivity contribution in [3.63, 3.8) is 0 Å². The fourth-order valence-corrected chi connectivity index (χ4v) is 13.6. The third-order valence-corrected chi connectivity index (χ3v) is 21.3. The van der Waals surface area contributed by atoms with Gasteiger partial charge in [-0.15, -0.1) is 0 Å². The fourth-order valence-electron chi connectivity index (χ4n) is 13.6. The number of allylic oxidation sites excluding steroid dienone is 2. The SMILES string of the molecule is CCC(C)CCC[C@H]1/C=C(\C)[C@@H](O)C[C@H](O)CCC[C@H](O)[C@@H](C)[C@H](O)C/C=C/C=C(\C)[C@@H](O)[C@H](C)[C@@H]2C[C@H](OC3O[C@H](C)[C@@H](O)[C@H](N(C)C)[C@H]3O)[C@@H](C)C(O)(CC(=O)OC(C)/C=C/[C@@H](O)C[C@@H](O)CCC[C@H](O)[C@@H](C)[C@H](O)CC[C@H](C)[C@H](O)C[C@@H](O)C[C@H](O)CCC(O)[C@@H]1O)O2. The van der Waals surface area contributed by atoms with Crippen LogP contribution in [-0.4, -0.2) is 252 Å². The van der Waals surface area contributed by atoms with Crippen LogP contribution in [-0.2, 0) is 23.7 Å². The van der Waals surface area contributed by atoms with Crippen LogP contribution in [0.3, 0.4) is 0 Å². The summed E-state index contributed by atoms with van der Waals surface area (Å²) in [7, 11) is 3.40. The lowest BCUT2D eigenvalue weighted by atomic mass is 9.80. The molecular formula is C73H133NO22. The molecule has 2 fully saturated rings. The molecule has 0 aliphatic carbocycles. The Bertz CT molecular complexity index is 2280. The van der Waals surface area contributed by atoms with E-state index in [1.54, 1.807) is 106 Å². The van der Waals surface area contributed by atoms with E-state index in [4.69, 9.17) is 18.9 Å². The van der Waals surface area contributed by atoms with Crippen molar-refractivity contribution in [3.8, 4) is 0 Å². The van der Waals surface area contributed by atoms with Gasteiger partial charge in [0.15, 0.2) is 12.1 Å². The standard InChI is InChI=1S/C73H133NO22/c1-14-41(2)20-17-22-51-34-44(5)63(86)37-53(76)24-19-27-58(81)46(7)57(80)25-16-15-21-43(4)68(88)48(9)64-39-65(95-72-71(91)67(74(12)13)69(89)50(11)94-72)49(10)73(92,96-64)40-66(87)93-45(6)29-30-54(77)35-52(75)23-18-26-59(82)47(8)60(83)32-28-42(3)62(85)38-56(79)36-55(78)31-33-61(84)70(51)90/h15-16,21,29-30,34,41-42,45-65,67-72,75-86,88-92H,14,17-20,22-28,31-33,35-40H2,1-13H3/b16-15+,30-29+,43-21+,44-34+/t41?,42-,45?,46-,47+,48+,49+,50+,51-,52-,53+,54+,55+,56-,57+,58-,59-,60+,61?,62+,63-,64-,65-,67-,68+,69+,70+,71+,72?,73?/m0/s1. The van der Waals surface area contributed by atoms with Gasteiger partial charge in [-0.1, -0.05) is 98.1 Å². The Labute approximate surface area is 573 Å². The number of likely N-dealkylation sites (N-methyl/N-ethyl adjacent to an activating group) is 1. The minimum Gasteiger partial charge on any atom is -0.458 e. The maximum atomic E-state index is 13.7. The molecule has 2 saturated heterocycles. The summed E-state index contributed by atoms with van der Waals surface area (Å²) in [5, 5.41) is 191. The summed E-state index contributed by atoms with van der Waals surface area (Å²) in [4.78, 5) is 15.4. The number of cyclic esters (lactones) is 1. The van der Waals surface area contributed by atoms with Gasteiger partial charge in [0.2, 0.25) is 0 Å². The Morgan fingerprint density at radius 3 is 1.82 bits per heavy atom. The van der Waals surface area contributed by atoms with Crippen LogP contribution in [0, 0.1) is 41.4 Å². The summed E-state index contributed by atoms with van der Waals surface area (Å²) >= 11 is 0. The first-order chi connectivity index (χ1) is 44.9. The van der Waals surface area contributed by atoms with E-state index >= 15 is 0 Å². The number of aliphatic hydroxyl groups excluding tert-OH is 16. The molecule has 0 spiro atoms. The predicted octanol–water partition coefficient (Wildman–Crippen LogP) is 4.50. The number of hydrogen-bond acceptors (Lipinski definition) is 23. The van der Waals surface area contributed by atoms with Crippen molar-refractivity contribution in [2.75, 3.05) is 14.1 Å². The minimum atomic E-state index is -2.26. The number of fused-ring (bicyclic) bond motifs is 2. The van der Waals surface area contributed by atoms with E-state index in [9.17, 15) is 91.6 Å². The van der Waals surface area contributed by atoms with E-state index < -0.39 is 182 Å². The lowest BCUT2D eigenvalue weighted by Gasteiger charge is -2.50. The highest BCUT2D eigenvalue weighted by Crippen LogP contribution is 2.42. The highest BCUT2D eigenvalue weighted by atomic mass is 16.7. The maximum absolute atomic E-state index is 13.7. The van der Waals surface area contributed by atoms with Gasteiger partial charge in [0.25, 0.3) is 0 Å². The maximum Gasteiger partial charge on any atom is 0.311 e. The van der Waals surface area contributed by atoms with E-state index in [0.29, 0.717) is 42.7 Å². The van der Waals surface area contributed by atoms with Gasteiger partial charge in [-0.25, -0.2) is 0 Å². The quantitative estimate of drug-likeness (QED) is 0.117. The van der Waals surface area contributed by atoms with Crippen molar-refractivity contribution in [1.82, 2.24) is 4.90 Å². The van der Waals surface area contributed by atoms with Gasteiger partial charge in [-0.3, -0.25) is 4.79 Å². The zero-order chi connectivity index (χ0) is 72.5. The first-order valence-corrected chi connectivity index (χ1v) is 36.1. The predicted molar refractivity (Wildman–Crippen MR) is 365 cm³/mol. The molecule has 17 N–H and O–H groups in total. The number of carbonyl (C=O) groups is 1. The number of ether oxygens (including phenoxy) is 4. The fraction of sp³-hybridized carbons (Fsp3) is 0.877. The van der Waals surface area contributed by atoms with E-state index in [1.807, 2.05) is 0 Å². The molecule has 0 aromatic rings. The van der Waals surface area contributed by atoms with E-state index in [0.717, 1.165) is 19.3 Å². The van der Waals surface area contributed by atoms with Crippen molar-refractivity contribution < 1.29 is 111 Å². The second kappa shape index (κ2) is 43.5. The third kappa shape index (κ3) is 29.5. The molecular weight excluding hydrogens is 1240 g/mol. The normalized spacial score (nSPS) is 44.7. The van der Waals surface area contributed by atoms with Gasteiger partial charge in [0.05, 0.1) is 122 Å². The van der Waals surface area contributed by atoms with Crippen LogP contribution in [0.5, 0.6) is 0 Å². The number of rotatable bonds is 8. The molecule has 2 bridgehead atoms. The summed E-state index contributed by atoms with van der Waals surface area (Å²) in [5.41, 5.74) is 0.999. The monoisotopic (exact) mass is 1380 g/mol. The van der Waals surface area contributed by atoms with Gasteiger partial charge in [-0.05, 0) is 161 Å². The number of hydrogen-bond donors (Lipinski definition) is 17. The van der Waals surface area contributed by atoms with E-state index in [1.165, 1.54) is 12.2 Å². The molecule has 3 rings (SSSR count). The summed E-state index contributed by atoms with van der Waals surface area (Å²) in [6.07, 6.45) is -7.61. The Balaban J connectivity index is 1.86. The van der Waals surface area contributed by atoms with Crippen LogP contribution in [0.4, 0.5) is 0 Å². The average Bonchev–Trinajstić information content (AvgIpc) is 0.771. The van der Waals surface area contributed by atoms with Crippen molar-refractivity contribution in [2.45, 2.75) is 351 Å². The Morgan fingerprint density at radius 2 is 1.21 bits per heavy atom. The molecule has 3 heterocycles. The van der Waals surface area contributed by atoms with Crippen LogP contribution >= 0.6 is 0 Å². The summed E-state index contributed by atoms with van der Waals surface area (Å²) < 4.78 is 24.5. The molecule has 3 aliphatic rings. The van der Waals surface area contributed by atoms with Crippen molar-refractivity contribution in [2.24, 2.45) is 41.4 Å². The van der Waals surface area contributed by atoms with E-state index in [2.05, 4.69) is 13.8 Å². The second-order valence-electron chi connectivity index (χ2n) is 29.7. The Hall–Kier alpha value is -2.41. The van der Waals surface area contributed by atoms with Crippen LogP contribution < -0.4 is 0 Å². The highest BCUT2D eigenvalue weighted by Gasteiger charge is 2.53. The summed E-state index contributed by atoms with van der Waals surface area (Å²) in [6.45, 7) is 19.4. The Kier molecular flexibility index (Phi) is 39.8. The van der Waals surface area contributed by atoms with Crippen molar-refractivity contribution in [3.05, 3.63) is 47.6 Å². The molecule has 0 saturated carbocycles. The van der Waals surface area contributed by atoms with Gasteiger partial charge >= 0.3 is 5.97 Å². The van der Waals surface area contributed by atoms with Gasteiger partial charge in [0, 0.05) is 48.9 Å². The van der Waals surface area contributed by atoms with Crippen molar-refractivity contribution >= 4 is 5.97 Å². The first-order valence-electron chi connectivity index (χ1n) is 36.1. The molecule has 23 heteroatoms. The van der Waals surface area contributed by atoms with Crippen molar-refractivity contribution in [1.29, 1.82) is 0 Å². The molecule has 0 aromatic heterocycles. The first kappa shape index (κ1) is 87.8. The molecule has 0 aromatic carbocycles. The van der Waals surface area contributed by atoms with Gasteiger partial charge in [-0.2, -0.15) is 0 Å². The molecule has 23 nitrogen and oxygen atoms in total. The number of esters is 1. The summed E-state index contributed by atoms with van der Waals surface area (Å²) in [6, 6.07) is -0.781. The van der Waals surface area contributed by atoms with Crippen LogP contribution in [0.25, 0.3) is 0 Å². The van der Waals surface area contributed by atoms with Crippen LogP contribution in [0.2, 0.25) is 0 Å². The zero-order valence-electron chi connectivity index (χ0n) is 60.1.